The Bertz CT molecular complexity index is 1140. The summed E-state index contributed by atoms with van der Waals surface area (Å²) in [4.78, 5) is 22.6. The van der Waals surface area contributed by atoms with Gasteiger partial charge < -0.3 is 11.2 Å². The fourth-order valence-corrected chi connectivity index (χ4v) is 3.18. The van der Waals surface area contributed by atoms with Crippen molar-refractivity contribution < 1.29 is 9.72 Å². The third kappa shape index (κ3) is 5.79. The predicted octanol–water partition coefficient (Wildman–Crippen LogP) is 2.69. The summed E-state index contributed by atoms with van der Waals surface area (Å²) >= 11 is 1.13. The quantitative estimate of drug-likeness (QED) is 0.159. The summed E-state index contributed by atoms with van der Waals surface area (Å²) in [7, 11) is 0. The number of nitro groups is 1. The van der Waals surface area contributed by atoms with Gasteiger partial charge in [-0.2, -0.15) is 5.10 Å². The molecule has 0 aliphatic carbocycles. The summed E-state index contributed by atoms with van der Waals surface area (Å²) in [6.07, 6.45) is 1.39. The van der Waals surface area contributed by atoms with Gasteiger partial charge in [0, 0.05) is 23.4 Å². The molecule has 2 aromatic carbocycles. The van der Waals surface area contributed by atoms with Crippen molar-refractivity contribution in [2.75, 3.05) is 22.3 Å². The molecule has 0 saturated heterocycles. The van der Waals surface area contributed by atoms with Crippen molar-refractivity contribution in [1.29, 1.82) is 0 Å². The molecular weight excluding hydrogens is 420 g/mol. The molecular formula is C19H20N8O3S. The van der Waals surface area contributed by atoms with Crippen LogP contribution in [0, 0.1) is 24.0 Å². The third-order valence-electron chi connectivity index (χ3n) is 4.12. The van der Waals surface area contributed by atoms with Crippen molar-refractivity contribution in [3.63, 3.8) is 0 Å². The molecule has 160 valence electrons. The third-order valence-corrected chi connectivity index (χ3v) is 5.07. The molecule has 1 aromatic heterocycles. The minimum atomic E-state index is -0.485. The average Bonchev–Trinajstić information content (AvgIpc) is 3.09. The number of thioether (sulfide) groups is 1. The number of rotatable bonds is 8. The molecule has 0 fully saturated rings. The number of anilines is 2. The van der Waals surface area contributed by atoms with Crippen molar-refractivity contribution >= 4 is 41.2 Å². The molecule has 3 aromatic rings. The molecule has 1 heterocycles. The summed E-state index contributed by atoms with van der Waals surface area (Å²) in [5.41, 5.74) is 5.90. The predicted molar refractivity (Wildman–Crippen MR) is 120 cm³/mol. The normalized spacial score (nSPS) is 10.9. The Morgan fingerprint density at radius 3 is 2.87 bits per heavy atom. The maximum absolute atomic E-state index is 12.3. The van der Waals surface area contributed by atoms with Crippen LogP contribution < -0.4 is 16.6 Å². The summed E-state index contributed by atoms with van der Waals surface area (Å²) in [5, 5.41) is 25.8. The first-order chi connectivity index (χ1) is 14.8. The Morgan fingerprint density at radius 2 is 2.10 bits per heavy atom. The van der Waals surface area contributed by atoms with E-state index in [1.807, 2.05) is 32.0 Å². The van der Waals surface area contributed by atoms with E-state index in [9.17, 15) is 14.9 Å². The minimum absolute atomic E-state index is 0.0382. The highest BCUT2D eigenvalue weighted by Crippen LogP contribution is 2.19. The molecule has 11 nitrogen and oxygen atoms in total. The molecule has 0 spiro atoms. The first-order valence-electron chi connectivity index (χ1n) is 9.07. The number of benzene rings is 2. The Labute approximate surface area is 181 Å². The van der Waals surface area contributed by atoms with Crippen molar-refractivity contribution in [3.8, 4) is 0 Å². The lowest BCUT2D eigenvalue weighted by molar-refractivity contribution is -0.384. The number of nitrogens with two attached hydrogens (primary N) is 1. The number of hydrazone groups is 1. The van der Waals surface area contributed by atoms with E-state index in [1.165, 1.54) is 23.0 Å². The van der Waals surface area contributed by atoms with Crippen LogP contribution in [0.4, 0.5) is 17.3 Å². The number of nitrogen functional groups attached to an aromatic ring is 1. The molecule has 0 bridgehead atoms. The number of nitrogens with zero attached hydrogens (tertiary/aromatic N) is 5. The fraction of sp³-hybridized carbons (Fsp3) is 0.158. The molecule has 12 heteroatoms. The molecule has 0 aliphatic rings. The van der Waals surface area contributed by atoms with Crippen LogP contribution in [0.5, 0.6) is 0 Å². The Hall–Kier alpha value is -3.93. The number of carbonyl (C=O) groups is 1. The Kier molecular flexibility index (Phi) is 6.82. The Morgan fingerprint density at radius 1 is 1.29 bits per heavy atom. The van der Waals surface area contributed by atoms with Crippen LogP contribution in [0.15, 0.2) is 52.7 Å². The van der Waals surface area contributed by atoms with Crippen LogP contribution in [-0.4, -0.2) is 37.7 Å². The standard InChI is InChI=1S/C19H20N8O3S/c1-12-6-7-13(2)16(8-12)22-17(28)11-31-19-25-24-18(26(19)20)23-21-10-14-4-3-5-15(9-14)27(29)30/h3-10H,11,20H2,1-2H3,(H,22,28)(H,23,24)/b21-10+. The number of nitro benzene ring substituents is 1. The number of carbonyl (C=O) groups excluding carboxylic acids is 1. The van der Waals surface area contributed by atoms with Crippen LogP contribution in [0.25, 0.3) is 0 Å². The summed E-state index contributed by atoms with van der Waals surface area (Å²) in [5.74, 6) is 6.00. The van der Waals surface area contributed by atoms with E-state index < -0.39 is 4.92 Å². The molecule has 0 atom stereocenters. The summed E-state index contributed by atoms with van der Waals surface area (Å²) in [6, 6.07) is 11.8. The molecule has 3 rings (SSSR count). The molecule has 0 saturated carbocycles. The van der Waals surface area contributed by atoms with Gasteiger partial charge in [0.15, 0.2) is 0 Å². The lowest BCUT2D eigenvalue weighted by Crippen LogP contribution is -2.17. The van der Waals surface area contributed by atoms with Gasteiger partial charge >= 0.3 is 0 Å². The van der Waals surface area contributed by atoms with Crippen LogP contribution in [0.3, 0.4) is 0 Å². The SMILES string of the molecule is Cc1ccc(C)c(NC(=O)CSc2nnc(N/N=C/c3cccc([N+](=O)[O-])c3)n2N)c1. The topological polar surface area (TPSA) is 153 Å². The number of amides is 1. The molecule has 1 amide bonds. The maximum Gasteiger partial charge on any atom is 0.270 e. The van der Waals surface area contributed by atoms with Crippen LogP contribution in [0.1, 0.15) is 16.7 Å². The first-order valence-corrected chi connectivity index (χ1v) is 10.1. The fourth-order valence-electron chi connectivity index (χ4n) is 2.52. The van der Waals surface area contributed by atoms with Gasteiger partial charge in [0.1, 0.15) is 0 Å². The second kappa shape index (κ2) is 9.71. The van der Waals surface area contributed by atoms with Gasteiger partial charge in [-0.1, -0.05) is 36.0 Å². The maximum atomic E-state index is 12.3. The van der Waals surface area contributed by atoms with E-state index in [4.69, 9.17) is 5.84 Å². The van der Waals surface area contributed by atoms with Crippen molar-refractivity contribution in [3.05, 3.63) is 69.3 Å². The van der Waals surface area contributed by atoms with E-state index in [2.05, 4.69) is 26.0 Å². The van der Waals surface area contributed by atoms with E-state index in [0.29, 0.717) is 10.7 Å². The van der Waals surface area contributed by atoms with Crippen molar-refractivity contribution in [2.24, 2.45) is 5.10 Å². The molecule has 0 aliphatic heterocycles. The van der Waals surface area contributed by atoms with Gasteiger partial charge in [-0.3, -0.25) is 14.9 Å². The monoisotopic (exact) mass is 440 g/mol. The van der Waals surface area contributed by atoms with Gasteiger partial charge in [0.25, 0.3) is 11.6 Å². The highest BCUT2D eigenvalue weighted by molar-refractivity contribution is 7.99. The van der Waals surface area contributed by atoms with E-state index >= 15 is 0 Å². The van der Waals surface area contributed by atoms with E-state index in [0.717, 1.165) is 28.6 Å². The summed E-state index contributed by atoms with van der Waals surface area (Å²) < 4.78 is 1.17. The summed E-state index contributed by atoms with van der Waals surface area (Å²) in [6.45, 7) is 3.88. The van der Waals surface area contributed by atoms with Crippen LogP contribution >= 0.6 is 11.8 Å². The first kappa shape index (κ1) is 21.8. The molecule has 31 heavy (non-hydrogen) atoms. The lowest BCUT2D eigenvalue weighted by Gasteiger charge is -2.09. The number of aryl methyl sites for hydroxylation is 2. The molecule has 4 N–H and O–H groups in total. The highest BCUT2D eigenvalue weighted by atomic mass is 32.2. The Balaban J connectivity index is 1.56. The highest BCUT2D eigenvalue weighted by Gasteiger charge is 2.13. The second-order valence-electron chi connectivity index (χ2n) is 6.55. The number of hydrogen-bond acceptors (Lipinski definition) is 9. The van der Waals surface area contributed by atoms with Crippen molar-refractivity contribution in [1.82, 2.24) is 14.9 Å². The lowest BCUT2D eigenvalue weighted by atomic mass is 10.1. The van der Waals surface area contributed by atoms with Gasteiger partial charge in [-0.15, -0.1) is 10.2 Å². The zero-order valence-electron chi connectivity index (χ0n) is 16.8. The van der Waals surface area contributed by atoms with Crippen molar-refractivity contribution in [2.45, 2.75) is 19.0 Å². The number of hydrogen-bond donors (Lipinski definition) is 3. The smallest absolute Gasteiger partial charge is 0.270 e. The molecule has 0 unspecified atom stereocenters. The van der Waals surface area contributed by atoms with Crippen LogP contribution in [-0.2, 0) is 4.79 Å². The van der Waals surface area contributed by atoms with Crippen LogP contribution in [0.2, 0.25) is 0 Å². The number of aromatic nitrogens is 3. The minimum Gasteiger partial charge on any atom is -0.334 e. The van der Waals surface area contributed by atoms with E-state index in [1.54, 1.807) is 12.1 Å². The average molecular weight is 440 g/mol. The second-order valence-corrected chi connectivity index (χ2v) is 7.50. The van der Waals surface area contributed by atoms with Gasteiger partial charge in [0.05, 0.1) is 16.9 Å². The number of non-ortho nitro benzene ring substituents is 1. The van der Waals surface area contributed by atoms with E-state index in [-0.39, 0.29) is 23.3 Å². The van der Waals surface area contributed by atoms with Gasteiger partial charge in [-0.25, -0.2) is 10.1 Å². The molecule has 0 radical (unpaired) electrons. The number of nitrogens with one attached hydrogen (secondary N) is 2. The van der Waals surface area contributed by atoms with Gasteiger partial charge in [-0.05, 0) is 31.0 Å². The van der Waals surface area contributed by atoms with Gasteiger partial charge in [0.2, 0.25) is 11.1 Å². The largest absolute Gasteiger partial charge is 0.334 e. The zero-order chi connectivity index (χ0) is 22.4. The zero-order valence-corrected chi connectivity index (χ0v) is 17.6.